The van der Waals surface area contributed by atoms with Crippen LogP contribution in [0.15, 0.2) is 261 Å². The number of nitrogens with zero attached hydrogens (tertiary/aromatic N) is 2. The van der Waals surface area contributed by atoms with Crippen LogP contribution >= 0.6 is 0 Å². The summed E-state index contributed by atoms with van der Waals surface area (Å²) in [6.45, 7) is 11.4. The van der Waals surface area contributed by atoms with E-state index in [4.69, 9.17) is 0 Å². The minimum absolute atomic E-state index is 0.0143. The van der Waals surface area contributed by atoms with E-state index in [0.717, 1.165) is 0 Å². The zero-order valence-electron chi connectivity index (χ0n) is 42.2. The van der Waals surface area contributed by atoms with Crippen LogP contribution in [0.4, 0.5) is 11.4 Å². The molecular formula is C68H63BN2. The van der Waals surface area contributed by atoms with Crippen molar-refractivity contribution in [3.05, 3.63) is 277 Å². The molecule has 2 heterocycles. The van der Waals surface area contributed by atoms with Gasteiger partial charge in [-0.1, -0.05) is 250 Å². The van der Waals surface area contributed by atoms with Gasteiger partial charge in [-0.3, -0.25) is 0 Å². The Morgan fingerprint density at radius 2 is 0.775 bits per heavy atom. The van der Waals surface area contributed by atoms with Crippen molar-refractivity contribution in [3.8, 4) is 33.4 Å². The maximum atomic E-state index is 2.35. The molecule has 0 spiro atoms. The van der Waals surface area contributed by atoms with Crippen LogP contribution in [0, 0.1) is 6.92 Å². The van der Waals surface area contributed by atoms with Crippen LogP contribution in [-0.4, -0.2) is 30.5 Å². The molecule has 0 radical (unpaired) electrons. The number of benzene rings is 9. The topological polar surface area (TPSA) is 6.25 Å². The minimum Gasteiger partial charge on any atom is -0.347 e. The second kappa shape index (κ2) is 19.4. The van der Waals surface area contributed by atoms with Crippen molar-refractivity contribution in [2.45, 2.75) is 45.4 Å². The van der Waals surface area contributed by atoms with Gasteiger partial charge in [-0.2, -0.15) is 26.4 Å². The van der Waals surface area contributed by atoms with Crippen LogP contribution in [0.5, 0.6) is 0 Å². The fourth-order valence-corrected chi connectivity index (χ4v) is 11.6. The summed E-state index contributed by atoms with van der Waals surface area (Å²) < 4.78 is 2.32. The fourth-order valence-electron chi connectivity index (χ4n) is 11.6. The monoisotopic (exact) mass is 919 g/mol. The fraction of sp³-hybridized carbons (Fsp3) is 0.132. The Hall–Kier alpha value is -8.01. The van der Waals surface area contributed by atoms with E-state index >= 15 is 0 Å². The molecule has 348 valence electrons. The van der Waals surface area contributed by atoms with Crippen molar-refractivity contribution in [2.24, 2.45) is 0 Å². The smallest absolute Gasteiger partial charge is 0.209 e. The molecule has 2 aliphatic heterocycles. The highest BCUT2D eigenvalue weighted by Gasteiger charge is 2.43. The summed E-state index contributed by atoms with van der Waals surface area (Å²) in [5, 5.41) is 0. The molecule has 0 unspecified atom stereocenters. The Kier molecular flexibility index (Phi) is 12.8. The Balaban J connectivity index is 0.000000184. The first-order chi connectivity index (χ1) is 34.5. The van der Waals surface area contributed by atoms with Gasteiger partial charge in [-0.25, -0.2) is 0 Å². The van der Waals surface area contributed by atoms with Crippen LogP contribution in [0.2, 0.25) is 0 Å². The normalized spacial score (nSPS) is 15.1. The molecule has 0 amide bonds. The molecule has 0 aliphatic carbocycles. The summed E-state index contributed by atoms with van der Waals surface area (Å²) in [6.07, 6.45) is 5.28. The summed E-state index contributed by atoms with van der Waals surface area (Å²) in [5.74, 6) is 0. The highest BCUT2D eigenvalue weighted by molar-refractivity contribution is 7.19. The van der Waals surface area contributed by atoms with Gasteiger partial charge in [0.2, 0.25) is 5.69 Å². The standard InChI is InChI=1S/C43H34B.C25H29N2/c1-33-17-25-40(26-18-33)44(41-27-19-37(20-28-41)34-11-5-2-6-12-34,42-29-21-38(22-30-42)35-13-7-3-8-14-35)43-31-23-39(24-32-43)36-15-9-4-10-16-36;1-24(2)18-12-7-9-14-20(18)26(5)22(24)16-11-17-23-25(3,4)19-13-8-10-15-21(19)27(23)6/h2-32H,1H3;7-17H,1-6H3/q-1;+1. The van der Waals surface area contributed by atoms with Crippen molar-refractivity contribution >= 4 is 45.1 Å². The zero-order valence-corrected chi connectivity index (χ0v) is 42.2. The summed E-state index contributed by atoms with van der Waals surface area (Å²) >= 11 is 0. The van der Waals surface area contributed by atoms with E-state index < -0.39 is 6.15 Å². The molecule has 0 aromatic heterocycles. The third-order valence-electron chi connectivity index (χ3n) is 15.5. The quantitative estimate of drug-likeness (QED) is 0.103. The number of hydrogen-bond donors (Lipinski definition) is 0. The second-order valence-electron chi connectivity index (χ2n) is 20.4. The molecule has 11 rings (SSSR count). The number of anilines is 1. The van der Waals surface area contributed by atoms with Gasteiger partial charge in [-0.05, 0) is 71.9 Å². The van der Waals surface area contributed by atoms with Gasteiger partial charge in [0, 0.05) is 41.6 Å². The summed E-state index contributed by atoms with van der Waals surface area (Å²) in [6, 6.07) is 86.3. The maximum Gasteiger partial charge on any atom is 0.209 e. The molecular weight excluding hydrogens is 856 g/mol. The van der Waals surface area contributed by atoms with Crippen molar-refractivity contribution in [1.82, 2.24) is 0 Å². The SMILES string of the molecule is CN1/C(=C/C=C/C2=[N+](C)c3ccccc3C2(C)C)C(C)(C)c2ccccc21.Cc1ccc([B-](c2ccc(-c3ccccc3)cc2)(c2ccc(-c3ccccc3)cc2)c2ccc(-c3ccccc3)cc2)cc1. The van der Waals surface area contributed by atoms with Crippen LogP contribution in [0.1, 0.15) is 44.4 Å². The number of aryl methyl sites for hydroxylation is 1. The number of allylic oxidation sites excluding steroid dienone is 4. The van der Waals surface area contributed by atoms with E-state index in [-0.39, 0.29) is 10.8 Å². The first kappa shape index (κ1) is 46.7. The Morgan fingerprint density at radius 1 is 0.408 bits per heavy atom. The Labute approximate surface area is 422 Å². The molecule has 0 fully saturated rings. The molecule has 0 saturated carbocycles. The van der Waals surface area contributed by atoms with Crippen LogP contribution in [0.25, 0.3) is 33.4 Å². The van der Waals surface area contributed by atoms with Crippen molar-refractivity contribution in [1.29, 1.82) is 0 Å². The first-order valence-corrected chi connectivity index (χ1v) is 25.1. The van der Waals surface area contributed by atoms with Crippen LogP contribution in [0.3, 0.4) is 0 Å². The van der Waals surface area contributed by atoms with Gasteiger partial charge in [-0.15, -0.1) is 0 Å². The Bertz CT molecular complexity index is 3180. The van der Waals surface area contributed by atoms with E-state index in [1.165, 1.54) is 94.7 Å². The molecule has 9 aromatic rings. The summed E-state index contributed by atoms with van der Waals surface area (Å²) in [5.41, 5.74) is 21.9. The predicted octanol–water partition coefficient (Wildman–Crippen LogP) is 13.9. The largest absolute Gasteiger partial charge is 0.347 e. The summed E-state index contributed by atoms with van der Waals surface area (Å²) in [7, 11) is 4.34. The van der Waals surface area contributed by atoms with Gasteiger partial charge >= 0.3 is 0 Å². The van der Waals surface area contributed by atoms with Crippen LogP contribution in [-0.2, 0) is 10.8 Å². The molecule has 0 bridgehead atoms. The third kappa shape index (κ3) is 8.72. The number of para-hydroxylation sites is 2. The number of rotatable bonds is 9. The van der Waals surface area contributed by atoms with Gasteiger partial charge in [0.1, 0.15) is 13.2 Å². The lowest BCUT2D eigenvalue weighted by atomic mass is 9.13. The predicted molar refractivity (Wildman–Crippen MR) is 307 cm³/mol. The van der Waals surface area contributed by atoms with Gasteiger partial charge in [0.15, 0.2) is 5.71 Å². The molecule has 0 N–H and O–H groups in total. The van der Waals surface area contributed by atoms with Gasteiger partial charge in [0.25, 0.3) is 0 Å². The highest BCUT2D eigenvalue weighted by Crippen LogP contribution is 2.47. The first-order valence-electron chi connectivity index (χ1n) is 25.1. The number of hydrogen-bond acceptors (Lipinski definition) is 1. The lowest BCUT2D eigenvalue weighted by Gasteiger charge is -2.44. The molecule has 0 saturated heterocycles. The second-order valence-corrected chi connectivity index (χ2v) is 20.4. The van der Waals surface area contributed by atoms with E-state index in [2.05, 4.69) is 313 Å². The van der Waals surface area contributed by atoms with Crippen molar-refractivity contribution in [3.63, 3.8) is 0 Å². The van der Waals surface area contributed by atoms with E-state index in [9.17, 15) is 0 Å². The lowest BCUT2D eigenvalue weighted by Crippen LogP contribution is -2.74. The van der Waals surface area contributed by atoms with E-state index in [1.807, 2.05) is 0 Å². The Morgan fingerprint density at radius 3 is 1.20 bits per heavy atom. The maximum absolute atomic E-state index is 2.35. The molecule has 2 nitrogen and oxygen atoms in total. The average Bonchev–Trinajstić information content (AvgIpc) is 3.74. The van der Waals surface area contributed by atoms with Crippen molar-refractivity contribution < 1.29 is 4.58 Å². The average molecular weight is 919 g/mol. The molecule has 0 atom stereocenters. The zero-order chi connectivity index (χ0) is 49.2. The highest BCUT2D eigenvalue weighted by atomic mass is 15.2. The third-order valence-corrected chi connectivity index (χ3v) is 15.5. The number of fused-ring (bicyclic) bond motifs is 2. The minimum atomic E-state index is -1.50. The number of likely N-dealkylation sites (N-methyl/N-ethyl adjacent to an activating group) is 1. The molecule has 9 aromatic carbocycles. The van der Waals surface area contributed by atoms with E-state index in [1.54, 1.807) is 0 Å². The summed E-state index contributed by atoms with van der Waals surface area (Å²) in [4.78, 5) is 2.32. The lowest BCUT2D eigenvalue weighted by molar-refractivity contribution is -0.401. The molecule has 2 aliphatic rings. The van der Waals surface area contributed by atoms with Crippen molar-refractivity contribution in [2.75, 3.05) is 19.0 Å². The van der Waals surface area contributed by atoms with Crippen LogP contribution < -0.4 is 26.8 Å². The molecule has 3 heteroatoms. The van der Waals surface area contributed by atoms with Gasteiger partial charge < -0.3 is 4.90 Å². The van der Waals surface area contributed by atoms with Gasteiger partial charge in [0.05, 0.1) is 5.41 Å². The molecule has 71 heavy (non-hydrogen) atoms. The van der Waals surface area contributed by atoms with E-state index in [0.29, 0.717) is 0 Å².